The smallest absolute Gasteiger partial charge is 0.259 e. The molecule has 2 N–H and O–H groups in total. The Morgan fingerprint density at radius 1 is 1.26 bits per heavy atom. The van der Waals surface area contributed by atoms with E-state index in [4.69, 9.17) is 4.74 Å². The van der Waals surface area contributed by atoms with E-state index < -0.39 is 0 Å². The van der Waals surface area contributed by atoms with Crippen LogP contribution in [0.4, 0.5) is 0 Å². The van der Waals surface area contributed by atoms with E-state index in [-0.39, 0.29) is 11.3 Å². The van der Waals surface area contributed by atoms with Gasteiger partial charge in [-0.25, -0.2) is 4.98 Å². The third kappa shape index (κ3) is 2.86. The third-order valence-electron chi connectivity index (χ3n) is 3.31. The normalized spacial score (nSPS) is 10.9. The Bertz CT molecular complexity index is 954. The molecule has 0 atom stereocenters. The van der Waals surface area contributed by atoms with Crippen molar-refractivity contribution >= 4 is 42.8 Å². The molecule has 23 heavy (non-hydrogen) atoms. The van der Waals surface area contributed by atoms with Crippen molar-refractivity contribution in [2.45, 2.75) is 6.92 Å². The van der Waals surface area contributed by atoms with E-state index >= 15 is 0 Å². The quantitative estimate of drug-likeness (QED) is 0.640. The number of aromatic nitrogens is 2. The summed E-state index contributed by atoms with van der Waals surface area (Å²) in [6.45, 7) is 2.23. The van der Waals surface area contributed by atoms with Gasteiger partial charge in [0.25, 0.3) is 5.56 Å². The van der Waals surface area contributed by atoms with Crippen LogP contribution >= 0.6 is 31.9 Å². The van der Waals surface area contributed by atoms with E-state index in [0.717, 1.165) is 0 Å². The minimum absolute atomic E-state index is 0.00869. The van der Waals surface area contributed by atoms with Crippen LogP contribution in [0.15, 0.2) is 44.1 Å². The molecule has 1 heterocycles. The predicted molar refractivity (Wildman–Crippen MR) is 96.0 cm³/mol. The molecule has 0 bridgehead atoms. The topological polar surface area (TPSA) is 75.2 Å². The summed E-state index contributed by atoms with van der Waals surface area (Å²) in [7, 11) is 0. The van der Waals surface area contributed by atoms with Crippen molar-refractivity contribution in [3.8, 4) is 22.9 Å². The average Bonchev–Trinajstić information content (AvgIpc) is 2.55. The maximum absolute atomic E-state index is 12.2. The van der Waals surface area contributed by atoms with Crippen LogP contribution in [0.2, 0.25) is 0 Å². The van der Waals surface area contributed by atoms with Gasteiger partial charge < -0.3 is 14.8 Å². The van der Waals surface area contributed by atoms with Gasteiger partial charge in [0.05, 0.1) is 22.0 Å². The number of aromatic amines is 1. The molecule has 3 aromatic rings. The molecule has 1 aromatic heterocycles. The number of para-hydroxylation sites is 1. The van der Waals surface area contributed by atoms with Gasteiger partial charge in [0.1, 0.15) is 5.82 Å². The summed E-state index contributed by atoms with van der Waals surface area (Å²) in [6, 6.07) is 8.76. The maximum Gasteiger partial charge on any atom is 0.259 e. The molecular formula is C16H12Br2N2O3. The highest BCUT2D eigenvalue weighted by atomic mass is 79.9. The highest BCUT2D eigenvalue weighted by molar-refractivity contribution is 9.13. The lowest BCUT2D eigenvalue weighted by molar-refractivity contribution is 0.317. The molecule has 0 aliphatic heterocycles. The molecule has 0 amide bonds. The first-order chi connectivity index (χ1) is 11.0. The minimum Gasteiger partial charge on any atom is -0.503 e. The zero-order chi connectivity index (χ0) is 16.6. The number of fused-ring (bicyclic) bond motifs is 1. The summed E-state index contributed by atoms with van der Waals surface area (Å²) in [5.74, 6) is 0.696. The lowest BCUT2D eigenvalue weighted by Crippen LogP contribution is -2.09. The van der Waals surface area contributed by atoms with E-state index in [1.54, 1.807) is 24.3 Å². The molecule has 3 rings (SSSR count). The van der Waals surface area contributed by atoms with Crippen LogP contribution in [0.1, 0.15) is 6.92 Å². The van der Waals surface area contributed by atoms with Gasteiger partial charge in [-0.3, -0.25) is 4.79 Å². The fourth-order valence-electron chi connectivity index (χ4n) is 2.24. The van der Waals surface area contributed by atoms with Crippen LogP contribution < -0.4 is 10.3 Å². The third-order valence-corrected chi connectivity index (χ3v) is 5.44. The van der Waals surface area contributed by atoms with Crippen LogP contribution in [0.5, 0.6) is 11.5 Å². The number of rotatable bonds is 3. The van der Waals surface area contributed by atoms with Gasteiger partial charge in [-0.15, -0.1) is 0 Å². The molecule has 2 aromatic carbocycles. The Labute approximate surface area is 148 Å². The summed E-state index contributed by atoms with van der Waals surface area (Å²) in [6.07, 6.45) is 0. The van der Waals surface area contributed by atoms with Crippen LogP contribution in [-0.2, 0) is 0 Å². The lowest BCUT2D eigenvalue weighted by atomic mass is 10.1. The summed E-state index contributed by atoms with van der Waals surface area (Å²) in [5.41, 5.74) is 0.987. The van der Waals surface area contributed by atoms with Crippen molar-refractivity contribution in [2.24, 2.45) is 0 Å². The maximum atomic E-state index is 12.2. The van der Waals surface area contributed by atoms with Crippen molar-refractivity contribution in [3.63, 3.8) is 0 Å². The van der Waals surface area contributed by atoms with Crippen molar-refractivity contribution in [1.82, 2.24) is 9.97 Å². The Kier molecular flexibility index (Phi) is 4.41. The number of nitrogens with zero attached hydrogens (tertiary/aromatic N) is 1. The highest BCUT2D eigenvalue weighted by Crippen LogP contribution is 2.44. The number of H-pyrrole nitrogens is 1. The number of hydrogen-bond donors (Lipinski definition) is 2. The summed E-state index contributed by atoms with van der Waals surface area (Å²) in [5, 5.41) is 10.6. The fourth-order valence-corrected chi connectivity index (χ4v) is 3.14. The Morgan fingerprint density at radius 2 is 2.00 bits per heavy atom. The van der Waals surface area contributed by atoms with Gasteiger partial charge in [0, 0.05) is 10.0 Å². The first kappa shape index (κ1) is 16.0. The highest BCUT2D eigenvalue weighted by Gasteiger charge is 2.18. The van der Waals surface area contributed by atoms with E-state index in [1.807, 2.05) is 13.0 Å². The molecule has 0 saturated heterocycles. The predicted octanol–water partition coefficient (Wildman–Crippen LogP) is 4.22. The number of hydrogen-bond acceptors (Lipinski definition) is 4. The monoisotopic (exact) mass is 438 g/mol. The van der Waals surface area contributed by atoms with Crippen molar-refractivity contribution in [3.05, 3.63) is 49.6 Å². The van der Waals surface area contributed by atoms with Crippen LogP contribution in [0, 0.1) is 0 Å². The second kappa shape index (κ2) is 6.33. The van der Waals surface area contributed by atoms with E-state index in [9.17, 15) is 9.90 Å². The van der Waals surface area contributed by atoms with E-state index in [0.29, 0.717) is 43.6 Å². The molecule has 0 unspecified atom stereocenters. The molecule has 5 nitrogen and oxygen atoms in total. The van der Waals surface area contributed by atoms with Gasteiger partial charge in [0.15, 0.2) is 11.5 Å². The van der Waals surface area contributed by atoms with Crippen LogP contribution in [0.25, 0.3) is 22.3 Å². The largest absolute Gasteiger partial charge is 0.503 e. The summed E-state index contributed by atoms with van der Waals surface area (Å²) in [4.78, 5) is 19.5. The Balaban J connectivity index is 2.28. The number of phenols is 1. The van der Waals surface area contributed by atoms with Gasteiger partial charge in [-0.05, 0) is 57.0 Å². The molecular weight excluding hydrogens is 428 g/mol. The van der Waals surface area contributed by atoms with Crippen molar-refractivity contribution in [1.29, 1.82) is 0 Å². The van der Waals surface area contributed by atoms with Gasteiger partial charge in [-0.1, -0.05) is 12.1 Å². The number of aromatic hydroxyl groups is 1. The molecule has 0 aliphatic carbocycles. The Morgan fingerprint density at radius 3 is 2.74 bits per heavy atom. The van der Waals surface area contributed by atoms with Crippen molar-refractivity contribution in [2.75, 3.05) is 6.61 Å². The fraction of sp³-hybridized carbons (Fsp3) is 0.125. The van der Waals surface area contributed by atoms with Gasteiger partial charge >= 0.3 is 0 Å². The van der Waals surface area contributed by atoms with Gasteiger partial charge in [-0.2, -0.15) is 0 Å². The molecule has 0 radical (unpaired) electrons. The lowest BCUT2D eigenvalue weighted by Gasteiger charge is -2.13. The van der Waals surface area contributed by atoms with E-state index in [2.05, 4.69) is 41.8 Å². The SMILES string of the molecule is CCOc1cc(-c2nc3ccccc3c(=O)[nH]2)c(Br)c(Br)c1O. The standard InChI is InChI=1S/C16H12Br2N2O3/c1-2-23-11-7-9(12(17)13(18)14(11)21)15-19-10-6-4-3-5-8(10)16(22)20-15/h3-7,21H,2H2,1H3,(H,19,20,22). The van der Waals surface area contributed by atoms with Gasteiger partial charge in [0.2, 0.25) is 0 Å². The second-order valence-electron chi connectivity index (χ2n) is 4.76. The van der Waals surface area contributed by atoms with E-state index in [1.165, 1.54) is 0 Å². The molecule has 0 spiro atoms. The zero-order valence-corrected chi connectivity index (χ0v) is 15.2. The Hall–Kier alpha value is -1.86. The molecule has 0 saturated carbocycles. The number of nitrogens with one attached hydrogen (secondary N) is 1. The summed E-state index contributed by atoms with van der Waals surface area (Å²) >= 11 is 6.74. The number of halogens is 2. The number of ether oxygens (including phenoxy) is 1. The second-order valence-corrected chi connectivity index (χ2v) is 6.35. The first-order valence-corrected chi connectivity index (χ1v) is 8.44. The van der Waals surface area contributed by atoms with Crippen molar-refractivity contribution < 1.29 is 9.84 Å². The summed E-state index contributed by atoms with van der Waals surface area (Å²) < 4.78 is 6.45. The molecule has 0 fully saturated rings. The molecule has 118 valence electrons. The molecule has 0 aliphatic rings. The van der Waals surface area contributed by atoms with Crippen LogP contribution in [0.3, 0.4) is 0 Å². The average molecular weight is 440 g/mol. The van der Waals surface area contributed by atoms with Crippen LogP contribution in [-0.4, -0.2) is 21.7 Å². The number of phenolic OH excluding ortho intramolecular Hbond substituents is 1. The molecule has 7 heteroatoms. The first-order valence-electron chi connectivity index (χ1n) is 6.86. The number of benzene rings is 2. The zero-order valence-electron chi connectivity index (χ0n) is 12.1. The minimum atomic E-state index is -0.223.